The van der Waals surface area contributed by atoms with E-state index in [2.05, 4.69) is 6.07 Å². The van der Waals surface area contributed by atoms with E-state index in [1.54, 1.807) is 4.90 Å². The maximum Gasteiger partial charge on any atom is 0.253 e. The van der Waals surface area contributed by atoms with Crippen molar-refractivity contribution < 1.29 is 13.2 Å². The van der Waals surface area contributed by atoms with Crippen molar-refractivity contribution in [3.8, 4) is 6.07 Å². The van der Waals surface area contributed by atoms with Crippen molar-refractivity contribution in [3.05, 3.63) is 29.8 Å². The average molecular weight is 292 g/mol. The summed E-state index contributed by atoms with van der Waals surface area (Å²) in [5.74, 6) is -0.256. The first kappa shape index (κ1) is 14.5. The minimum Gasteiger partial charge on any atom is -0.337 e. The maximum absolute atomic E-state index is 12.3. The predicted molar refractivity (Wildman–Crippen MR) is 73.8 cm³/mol. The number of hydrogen-bond donors (Lipinski definition) is 0. The molecule has 2 rings (SSSR count). The lowest BCUT2D eigenvalue weighted by molar-refractivity contribution is 0.0698. The molecule has 1 fully saturated rings. The van der Waals surface area contributed by atoms with Gasteiger partial charge in [-0.1, -0.05) is 0 Å². The molecule has 0 aromatic heterocycles. The lowest BCUT2D eigenvalue weighted by Crippen LogP contribution is -2.39. The molecule has 1 heterocycles. The number of likely N-dealkylation sites (tertiary alicyclic amines) is 1. The maximum atomic E-state index is 12.3. The number of carbonyl (C=O) groups is 1. The average Bonchev–Trinajstić information content (AvgIpc) is 2.46. The van der Waals surface area contributed by atoms with Gasteiger partial charge in [0.2, 0.25) is 0 Å². The monoisotopic (exact) mass is 292 g/mol. The summed E-state index contributed by atoms with van der Waals surface area (Å²) >= 11 is 0. The van der Waals surface area contributed by atoms with Gasteiger partial charge in [-0.2, -0.15) is 5.26 Å². The Hall–Kier alpha value is -1.87. The highest BCUT2D eigenvalue weighted by molar-refractivity contribution is 7.90. The van der Waals surface area contributed by atoms with Gasteiger partial charge in [0.15, 0.2) is 9.84 Å². The van der Waals surface area contributed by atoms with Crippen molar-refractivity contribution in [3.63, 3.8) is 0 Å². The summed E-state index contributed by atoms with van der Waals surface area (Å²) in [6, 6.07) is 8.12. The van der Waals surface area contributed by atoms with Crippen molar-refractivity contribution in [2.75, 3.05) is 19.3 Å². The zero-order valence-electron chi connectivity index (χ0n) is 11.2. The van der Waals surface area contributed by atoms with Crippen LogP contribution in [0.5, 0.6) is 0 Å². The molecule has 1 unspecified atom stereocenters. The van der Waals surface area contributed by atoms with Crippen molar-refractivity contribution in [1.29, 1.82) is 5.26 Å². The quantitative estimate of drug-likeness (QED) is 0.827. The van der Waals surface area contributed by atoms with E-state index in [4.69, 9.17) is 5.26 Å². The van der Waals surface area contributed by atoms with Crippen LogP contribution in [0.15, 0.2) is 29.2 Å². The van der Waals surface area contributed by atoms with Crippen molar-refractivity contribution in [2.24, 2.45) is 5.92 Å². The molecule has 20 heavy (non-hydrogen) atoms. The number of rotatable bonds is 2. The van der Waals surface area contributed by atoms with Crippen LogP contribution in [-0.2, 0) is 9.84 Å². The molecule has 0 radical (unpaired) electrons. The Bertz CT molecular complexity index is 644. The summed E-state index contributed by atoms with van der Waals surface area (Å²) < 4.78 is 22.7. The van der Waals surface area contributed by atoms with E-state index in [0.29, 0.717) is 18.7 Å². The van der Waals surface area contributed by atoms with Gasteiger partial charge in [-0.3, -0.25) is 4.79 Å². The number of carbonyl (C=O) groups excluding carboxylic acids is 1. The van der Waals surface area contributed by atoms with Gasteiger partial charge in [0.1, 0.15) is 0 Å². The Kier molecular flexibility index (Phi) is 4.09. The normalized spacial score (nSPS) is 19.4. The first-order valence-corrected chi connectivity index (χ1v) is 8.30. The lowest BCUT2D eigenvalue weighted by Gasteiger charge is -2.29. The Labute approximate surface area is 118 Å². The van der Waals surface area contributed by atoms with Gasteiger partial charge in [0, 0.05) is 24.9 Å². The highest BCUT2D eigenvalue weighted by Crippen LogP contribution is 2.19. The molecular weight excluding hydrogens is 276 g/mol. The van der Waals surface area contributed by atoms with E-state index in [9.17, 15) is 13.2 Å². The summed E-state index contributed by atoms with van der Waals surface area (Å²) in [4.78, 5) is 14.1. The number of piperidine rings is 1. The number of benzene rings is 1. The van der Waals surface area contributed by atoms with E-state index in [1.807, 2.05) is 0 Å². The second-order valence-electron chi connectivity index (χ2n) is 5.02. The molecule has 1 atom stereocenters. The minimum atomic E-state index is -3.25. The fourth-order valence-electron chi connectivity index (χ4n) is 2.29. The Morgan fingerprint density at radius 2 is 2.00 bits per heavy atom. The standard InChI is InChI=1S/C14H16N2O3S/c1-20(18,19)13-6-4-12(5-7-13)14(17)16-8-2-3-11(9-15)10-16/h4-7,11H,2-3,8,10H2,1H3. The predicted octanol–water partition coefficient (Wildman–Crippen LogP) is 1.47. The molecule has 0 N–H and O–H groups in total. The summed E-state index contributed by atoms with van der Waals surface area (Å²) in [7, 11) is -3.25. The molecule has 0 spiro atoms. The molecular formula is C14H16N2O3S. The first-order valence-electron chi connectivity index (χ1n) is 6.41. The van der Waals surface area contributed by atoms with E-state index in [1.165, 1.54) is 24.3 Å². The molecule has 6 heteroatoms. The second-order valence-corrected chi connectivity index (χ2v) is 7.03. The zero-order chi connectivity index (χ0) is 14.8. The Balaban J connectivity index is 2.16. The molecule has 0 bridgehead atoms. The highest BCUT2D eigenvalue weighted by Gasteiger charge is 2.24. The summed E-state index contributed by atoms with van der Waals surface area (Å²) in [6.07, 6.45) is 2.78. The van der Waals surface area contributed by atoms with Gasteiger partial charge >= 0.3 is 0 Å². The first-order chi connectivity index (χ1) is 9.41. The number of amides is 1. The number of sulfone groups is 1. The number of nitriles is 1. The van der Waals surface area contributed by atoms with Gasteiger partial charge in [-0.25, -0.2) is 8.42 Å². The van der Waals surface area contributed by atoms with Crippen LogP contribution < -0.4 is 0 Å². The van der Waals surface area contributed by atoms with E-state index in [0.717, 1.165) is 19.1 Å². The summed E-state index contributed by atoms with van der Waals surface area (Å²) in [6.45, 7) is 1.09. The Morgan fingerprint density at radius 3 is 2.55 bits per heavy atom. The van der Waals surface area contributed by atoms with Crippen LogP contribution in [0.25, 0.3) is 0 Å². The van der Waals surface area contributed by atoms with E-state index < -0.39 is 9.84 Å². The fourth-order valence-corrected chi connectivity index (χ4v) is 2.92. The largest absolute Gasteiger partial charge is 0.337 e. The molecule has 0 aliphatic carbocycles. The summed E-state index contributed by atoms with van der Waals surface area (Å²) in [5, 5.41) is 8.93. The molecule has 1 aliphatic heterocycles. The molecule has 1 amide bonds. The SMILES string of the molecule is CS(=O)(=O)c1ccc(C(=O)N2CCCC(C#N)C2)cc1. The zero-order valence-corrected chi connectivity index (χ0v) is 12.1. The van der Waals surface area contributed by atoms with E-state index in [-0.39, 0.29) is 16.7 Å². The summed E-state index contributed by atoms with van der Waals surface area (Å²) in [5.41, 5.74) is 0.455. The second kappa shape index (κ2) is 5.63. The molecule has 0 saturated carbocycles. The van der Waals surface area contributed by atoms with Crippen LogP contribution in [0.2, 0.25) is 0 Å². The number of nitrogens with zero attached hydrogens (tertiary/aromatic N) is 2. The van der Waals surface area contributed by atoms with Crippen LogP contribution in [0.1, 0.15) is 23.2 Å². The van der Waals surface area contributed by atoms with Gasteiger partial charge in [-0.05, 0) is 37.1 Å². The molecule has 1 aromatic carbocycles. The van der Waals surface area contributed by atoms with Gasteiger partial charge in [0.05, 0.1) is 16.9 Å². The van der Waals surface area contributed by atoms with Crippen molar-refractivity contribution >= 4 is 15.7 Å². The van der Waals surface area contributed by atoms with Crippen molar-refractivity contribution in [2.45, 2.75) is 17.7 Å². The lowest BCUT2D eigenvalue weighted by atomic mass is 9.99. The Morgan fingerprint density at radius 1 is 1.35 bits per heavy atom. The molecule has 5 nitrogen and oxygen atoms in total. The molecule has 1 saturated heterocycles. The third-order valence-electron chi connectivity index (χ3n) is 3.42. The van der Waals surface area contributed by atoms with Crippen LogP contribution in [0, 0.1) is 17.2 Å². The third kappa shape index (κ3) is 3.17. The molecule has 106 valence electrons. The van der Waals surface area contributed by atoms with Gasteiger partial charge in [-0.15, -0.1) is 0 Å². The smallest absolute Gasteiger partial charge is 0.253 e. The molecule has 1 aliphatic rings. The topological polar surface area (TPSA) is 78.2 Å². The van der Waals surface area contributed by atoms with Crippen LogP contribution >= 0.6 is 0 Å². The number of hydrogen-bond acceptors (Lipinski definition) is 4. The van der Waals surface area contributed by atoms with Gasteiger partial charge in [0.25, 0.3) is 5.91 Å². The van der Waals surface area contributed by atoms with Gasteiger partial charge < -0.3 is 4.90 Å². The van der Waals surface area contributed by atoms with E-state index >= 15 is 0 Å². The fraction of sp³-hybridized carbons (Fsp3) is 0.429. The van der Waals surface area contributed by atoms with Crippen LogP contribution in [-0.4, -0.2) is 38.6 Å². The van der Waals surface area contributed by atoms with Crippen molar-refractivity contribution in [1.82, 2.24) is 4.90 Å². The van der Waals surface area contributed by atoms with Crippen LogP contribution in [0.4, 0.5) is 0 Å². The van der Waals surface area contributed by atoms with Crippen LogP contribution in [0.3, 0.4) is 0 Å². The molecule has 1 aromatic rings. The minimum absolute atomic E-state index is 0.108. The third-order valence-corrected chi connectivity index (χ3v) is 4.55. The highest BCUT2D eigenvalue weighted by atomic mass is 32.2.